The van der Waals surface area contributed by atoms with Crippen molar-refractivity contribution >= 4 is 34.2 Å². The van der Waals surface area contributed by atoms with Crippen LogP contribution in [-0.2, 0) is 17.9 Å². The number of benzene rings is 1. The van der Waals surface area contributed by atoms with Crippen LogP contribution in [0.5, 0.6) is 0 Å². The lowest BCUT2D eigenvalue weighted by Crippen LogP contribution is -2.23. The van der Waals surface area contributed by atoms with Crippen LogP contribution in [0.3, 0.4) is 0 Å². The first-order chi connectivity index (χ1) is 16.0. The molecule has 33 heavy (non-hydrogen) atoms. The van der Waals surface area contributed by atoms with Crippen LogP contribution in [0.4, 0.5) is 0 Å². The summed E-state index contributed by atoms with van der Waals surface area (Å²) in [4.78, 5) is 11.8. The zero-order valence-electron chi connectivity index (χ0n) is 18.5. The van der Waals surface area contributed by atoms with Gasteiger partial charge in [-0.05, 0) is 55.8 Å². The molecule has 4 heterocycles. The molecule has 0 saturated heterocycles. The summed E-state index contributed by atoms with van der Waals surface area (Å²) in [5.41, 5.74) is 5.78. The number of aryl methyl sites for hydroxylation is 2. The number of pyridine rings is 1. The number of hydrogen-bond donors (Lipinski definition) is 1. The molecule has 8 nitrogen and oxygen atoms in total. The molecule has 0 aliphatic carbocycles. The molecule has 5 aromatic rings. The van der Waals surface area contributed by atoms with Crippen LogP contribution in [0.1, 0.15) is 24.7 Å². The molecular weight excluding hydrogens is 438 g/mol. The number of halogens is 1. The molecule has 0 aliphatic heterocycles. The highest BCUT2D eigenvalue weighted by molar-refractivity contribution is 6.30. The van der Waals surface area contributed by atoms with E-state index in [9.17, 15) is 4.79 Å². The van der Waals surface area contributed by atoms with Crippen molar-refractivity contribution in [1.82, 2.24) is 34.3 Å². The molecule has 0 saturated carbocycles. The Bertz CT molecular complexity index is 1460. The summed E-state index contributed by atoms with van der Waals surface area (Å²) in [6, 6.07) is 16.0. The van der Waals surface area contributed by atoms with Gasteiger partial charge in [0, 0.05) is 37.3 Å². The highest BCUT2D eigenvalue weighted by Gasteiger charge is 2.17. The Morgan fingerprint density at radius 1 is 1.09 bits per heavy atom. The van der Waals surface area contributed by atoms with Gasteiger partial charge in [-0.1, -0.05) is 23.7 Å². The number of carbonyl (C=O) groups excluding carboxylic acids is 1. The van der Waals surface area contributed by atoms with Gasteiger partial charge in [-0.3, -0.25) is 13.9 Å². The molecule has 5 rings (SSSR count). The molecule has 0 fully saturated rings. The topological polar surface area (TPSA) is 82.0 Å². The largest absolute Gasteiger partial charge is 0.356 e. The normalized spacial score (nSPS) is 11.5. The van der Waals surface area contributed by atoms with Crippen molar-refractivity contribution in [3.63, 3.8) is 0 Å². The molecule has 9 heteroatoms. The van der Waals surface area contributed by atoms with E-state index in [1.54, 1.807) is 0 Å². The minimum atomic E-state index is 0.0232. The number of carbonyl (C=O) groups is 1. The van der Waals surface area contributed by atoms with E-state index < -0.39 is 0 Å². The Labute approximate surface area is 195 Å². The van der Waals surface area contributed by atoms with Crippen LogP contribution in [0.25, 0.3) is 28.1 Å². The number of rotatable bonds is 7. The standard InChI is InChI=1S/C24H24ClN7O/c1-3-26-24(33)10-12-30-11-9-19(29-30)21-14-22-20(7-8-23-28-27-16(2)32(22)23)31(21)15-17-5-4-6-18(25)13-17/h4-9,11,13-14H,3,10,12,15H2,1-2H3,(H,26,33). The summed E-state index contributed by atoms with van der Waals surface area (Å²) in [5, 5.41) is 16.8. The molecule has 1 aromatic carbocycles. The highest BCUT2D eigenvalue weighted by atomic mass is 35.5. The summed E-state index contributed by atoms with van der Waals surface area (Å²) in [7, 11) is 0. The lowest BCUT2D eigenvalue weighted by atomic mass is 10.2. The van der Waals surface area contributed by atoms with Crippen LogP contribution in [-0.4, -0.2) is 41.4 Å². The average molecular weight is 462 g/mol. The van der Waals surface area contributed by atoms with Gasteiger partial charge < -0.3 is 9.88 Å². The molecule has 1 N–H and O–H groups in total. The summed E-state index contributed by atoms with van der Waals surface area (Å²) in [5.74, 6) is 0.851. The van der Waals surface area contributed by atoms with Crippen molar-refractivity contribution in [2.24, 2.45) is 0 Å². The van der Waals surface area contributed by atoms with Gasteiger partial charge in [-0.2, -0.15) is 5.10 Å². The zero-order valence-corrected chi connectivity index (χ0v) is 19.3. The fraction of sp³-hybridized carbons (Fsp3) is 0.250. The average Bonchev–Trinajstić information content (AvgIpc) is 3.50. The molecule has 168 valence electrons. The maximum atomic E-state index is 11.8. The first-order valence-corrected chi connectivity index (χ1v) is 11.3. The molecule has 1 amide bonds. The minimum Gasteiger partial charge on any atom is -0.356 e. The first kappa shape index (κ1) is 21.2. The van der Waals surface area contributed by atoms with Gasteiger partial charge in [0.25, 0.3) is 0 Å². The van der Waals surface area contributed by atoms with Gasteiger partial charge in [-0.25, -0.2) is 0 Å². The van der Waals surface area contributed by atoms with Crippen molar-refractivity contribution in [3.05, 3.63) is 71.1 Å². The lowest BCUT2D eigenvalue weighted by Gasteiger charge is -2.10. The fourth-order valence-electron chi connectivity index (χ4n) is 4.17. The second-order valence-corrected chi connectivity index (χ2v) is 8.39. The van der Waals surface area contributed by atoms with E-state index in [1.807, 2.05) is 55.1 Å². The summed E-state index contributed by atoms with van der Waals surface area (Å²) < 4.78 is 6.10. The maximum absolute atomic E-state index is 11.8. The summed E-state index contributed by atoms with van der Waals surface area (Å²) >= 11 is 6.25. The monoisotopic (exact) mass is 461 g/mol. The summed E-state index contributed by atoms with van der Waals surface area (Å²) in [6.45, 7) is 5.65. The van der Waals surface area contributed by atoms with Crippen molar-refractivity contribution in [1.29, 1.82) is 0 Å². The van der Waals surface area contributed by atoms with Crippen LogP contribution in [0.2, 0.25) is 5.02 Å². The predicted octanol–water partition coefficient (Wildman–Crippen LogP) is 4.08. The molecule has 0 unspecified atom stereocenters. The van der Waals surface area contributed by atoms with Gasteiger partial charge in [0.05, 0.1) is 16.7 Å². The quantitative estimate of drug-likeness (QED) is 0.396. The highest BCUT2D eigenvalue weighted by Crippen LogP contribution is 2.30. The molecule has 0 spiro atoms. The smallest absolute Gasteiger partial charge is 0.221 e. The van der Waals surface area contributed by atoms with Gasteiger partial charge >= 0.3 is 0 Å². The predicted molar refractivity (Wildman–Crippen MR) is 128 cm³/mol. The van der Waals surface area contributed by atoms with E-state index in [-0.39, 0.29) is 5.91 Å². The van der Waals surface area contributed by atoms with Crippen molar-refractivity contribution in [3.8, 4) is 11.4 Å². The Hall–Kier alpha value is -3.65. The zero-order chi connectivity index (χ0) is 22.9. The fourth-order valence-corrected chi connectivity index (χ4v) is 4.38. The third-order valence-corrected chi connectivity index (χ3v) is 5.91. The maximum Gasteiger partial charge on any atom is 0.221 e. The van der Waals surface area contributed by atoms with Gasteiger partial charge in [-0.15, -0.1) is 10.2 Å². The molecule has 0 radical (unpaired) electrons. The van der Waals surface area contributed by atoms with E-state index in [1.165, 1.54) is 0 Å². The lowest BCUT2D eigenvalue weighted by molar-refractivity contribution is -0.121. The van der Waals surface area contributed by atoms with E-state index in [4.69, 9.17) is 16.7 Å². The Balaban J connectivity index is 1.59. The van der Waals surface area contributed by atoms with Gasteiger partial charge in [0.1, 0.15) is 11.5 Å². The SMILES string of the molecule is CCNC(=O)CCn1ccc(-c2cc3c(ccc4nnc(C)n43)n2Cc2cccc(Cl)c2)n1. The molecule has 0 atom stereocenters. The minimum absolute atomic E-state index is 0.0232. The van der Waals surface area contributed by atoms with Crippen LogP contribution in [0.15, 0.2) is 54.7 Å². The van der Waals surface area contributed by atoms with Crippen LogP contribution >= 0.6 is 11.6 Å². The Kier molecular flexibility index (Phi) is 5.60. The molecular formula is C24H24ClN7O. The molecule has 4 aromatic heterocycles. The third-order valence-electron chi connectivity index (χ3n) is 5.67. The number of aromatic nitrogens is 6. The molecule has 0 bridgehead atoms. The first-order valence-electron chi connectivity index (χ1n) is 10.9. The number of amides is 1. The van der Waals surface area contributed by atoms with Crippen molar-refractivity contribution in [2.45, 2.75) is 33.4 Å². The molecule has 0 aliphatic rings. The number of hydrogen-bond acceptors (Lipinski definition) is 4. The van der Waals surface area contributed by atoms with Crippen LogP contribution in [0, 0.1) is 6.92 Å². The van der Waals surface area contributed by atoms with E-state index in [0.29, 0.717) is 31.1 Å². The Morgan fingerprint density at radius 2 is 1.97 bits per heavy atom. The number of fused-ring (bicyclic) bond motifs is 3. The van der Waals surface area contributed by atoms with Gasteiger partial charge in [0.2, 0.25) is 5.91 Å². The third kappa shape index (κ3) is 4.09. The van der Waals surface area contributed by atoms with E-state index in [0.717, 1.165) is 39.5 Å². The second kappa shape index (κ2) is 8.71. The number of nitrogens with zero attached hydrogens (tertiary/aromatic N) is 6. The second-order valence-electron chi connectivity index (χ2n) is 7.96. The van der Waals surface area contributed by atoms with Crippen molar-refractivity contribution in [2.75, 3.05) is 6.54 Å². The van der Waals surface area contributed by atoms with Gasteiger partial charge in [0.15, 0.2) is 5.65 Å². The summed E-state index contributed by atoms with van der Waals surface area (Å²) in [6.07, 6.45) is 2.30. The number of nitrogens with one attached hydrogen (secondary N) is 1. The Morgan fingerprint density at radius 3 is 2.79 bits per heavy atom. The van der Waals surface area contributed by atoms with Crippen LogP contribution < -0.4 is 5.32 Å². The van der Waals surface area contributed by atoms with E-state index >= 15 is 0 Å². The van der Waals surface area contributed by atoms with E-state index in [2.05, 4.69) is 42.7 Å². The van der Waals surface area contributed by atoms with Crippen molar-refractivity contribution < 1.29 is 4.79 Å².